The van der Waals surface area contributed by atoms with Crippen LogP contribution in [0, 0.1) is 0 Å². The van der Waals surface area contributed by atoms with Crippen molar-refractivity contribution >= 4 is 29.0 Å². The Hall–Kier alpha value is -0.740. The van der Waals surface area contributed by atoms with Crippen LogP contribution in [0.4, 0.5) is 4.79 Å². The van der Waals surface area contributed by atoms with Crippen molar-refractivity contribution in [3.8, 4) is 0 Å². The molecule has 1 aliphatic carbocycles. The number of nitrogens with one attached hydrogen (secondary N) is 1. The third-order valence-electron chi connectivity index (χ3n) is 2.93. The zero-order valence-corrected chi connectivity index (χ0v) is 11.3. The van der Waals surface area contributed by atoms with Crippen LogP contribution in [-0.2, 0) is 4.74 Å². The zero-order chi connectivity index (χ0) is 12.3. The summed E-state index contributed by atoms with van der Waals surface area (Å²) in [6, 6.07) is 3.71. The van der Waals surface area contributed by atoms with Crippen LogP contribution in [0.15, 0.2) is 12.1 Å². The van der Waals surface area contributed by atoms with Gasteiger partial charge in [0.1, 0.15) is 6.10 Å². The molecular weight excluding hydrogens is 258 g/mol. The number of hydrogen-bond acceptors (Lipinski definition) is 3. The molecule has 1 atom stereocenters. The minimum Gasteiger partial charge on any atom is -0.446 e. The van der Waals surface area contributed by atoms with Crippen LogP contribution in [-0.4, -0.2) is 12.2 Å². The molecule has 2 rings (SSSR count). The molecule has 1 aromatic heterocycles. The summed E-state index contributed by atoms with van der Waals surface area (Å²) in [5.74, 6) is 0. The molecule has 0 aliphatic heterocycles. The quantitative estimate of drug-likeness (QED) is 0.899. The molecule has 94 valence electrons. The van der Waals surface area contributed by atoms with Crippen molar-refractivity contribution in [1.82, 2.24) is 5.32 Å². The maximum absolute atomic E-state index is 11.6. The van der Waals surface area contributed by atoms with Gasteiger partial charge in [-0.25, -0.2) is 4.79 Å². The Morgan fingerprint density at radius 2 is 2.24 bits per heavy atom. The van der Waals surface area contributed by atoms with Gasteiger partial charge in [-0.2, -0.15) is 0 Å². The molecule has 0 spiro atoms. The second-order valence-electron chi connectivity index (χ2n) is 4.32. The van der Waals surface area contributed by atoms with Crippen molar-refractivity contribution in [3.05, 3.63) is 21.3 Å². The Kier molecular flexibility index (Phi) is 4.29. The van der Waals surface area contributed by atoms with E-state index >= 15 is 0 Å². The number of halogens is 1. The maximum Gasteiger partial charge on any atom is 0.407 e. The van der Waals surface area contributed by atoms with E-state index in [9.17, 15) is 4.79 Å². The summed E-state index contributed by atoms with van der Waals surface area (Å²) in [5, 5.41) is 2.83. The lowest BCUT2D eigenvalue weighted by molar-refractivity contribution is 0.0985. The summed E-state index contributed by atoms with van der Waals surface area (Å²) in [7, 11) is 0. The Labute approximate surface area is 110 Å². The van der Waals surface area contributed by atoms with Gasteiger partial charge in [0.25, 0.3) is 0 Å². The summed E-state index contributed by atoms with van der Waals surface area (Å²) in [6.07, 6.45) is 4.09. The van der Waals surface area contributed by atoms with Gasteiger partial charge in [-0.05, 0) is 44.7 Å². The first-order valence-electron chi connectivity index (χ1n) is 5.87. The standard InChI is InChI=1S/C12H16ClNO2S/c1-8(10-6-7-11(13)17-10)14-12(15)16-9-4-2-3-5-9/h6-9H,2-5H2,1H3,(H,14,15). The van der Waals surface area contributed by atoms with Gasteiger partial charge >= 0.3 is 6.09 Å². The first-order valence-corrected chi connectivity index (χ1v) is 7.07. The average Bonchev–Trinajstić information content (AvgIpc) is 2.89. The van der Waals surface area contributed by atoms with Gasteiger partial charge in [0.05, 0.1) is 10.4 Å². The van der Waals surface area contributed by atoms with Crippen LogP contribution < -0.4 is 5.32 Å². The molecule has 17 heavy (non-hydrogen) atoms. The summed E-state index contributed by atoms with van der Waals surface area (Å²) in [6.45, 7) is 1.93. The lowest BCUT2D eigenvalue weighted by atomic mass is 10.3. The fraction of sp³-hybridized carbons (Fsp3) is 0.583. The highest BCUT2D eigenvalue weighted by molar-refractivity contribution is 7.16. The van der Waals surface area contributed by atoms with E-state index in [1.54, 1.807) is 0 Å². The molecule has 1 saturated carbocycles. The number of amides is 1. The van der Waals surface area contributed by atoms with Gasteiger partial charge < -0.3 is 10.1 Å². The van der Waals surface area contributed by atoms with E-state index in [4.69, 9.17) is 16.3 Å². The van der Waals surface area contributed by atoms with Gasteiger partial charge in [-0.15, -0.1) is 11.3 Å². The van der Waals surface area contributed by atoms with Gasteiger partial charge in [0.15, 0.2) is 0 Å². The number of hydrogen-bond donors (Lipinski definition) is 1. The molecule has 0 aromatic carbocycles. The van der Waals surface area contributed by atoms with E-state index in [2.05, 4.69) is 5.32 Å². The summed E-state index contributed by atoms with van der Waals surface area (Å²) >= 11 is 7.33. The van der Waals surface area contributed by atoms with E-state index in [1.807, 2.05) is 19.1 Å². The third-order valence-corrected chi connectivity index (χ3v) is 4.34. The van der Waals surface area contributed by atoms with Crippen LogP contribution >= 0.6 is 22.9 Å². The summed E-state index contributed by atoms with van der Waals surface area (Å²) in [4.78, 5) is 12.7. The van der Waals surface area contributed by atoms with Crippen LogP contribution in [0.2, 0.25) is 4.34 Å². The number of thiophene rings is 1. The highest BCUT2D eigenvalue weighted by atomic mass is 35.5. The largest absolute Gasteiger partial charge is 0.446 e. The van der Waals surface area contributed by atoms with Crippen LogP contribution in [0.3, 0.4) is 0 Å². The third kappa shape index (κ3) is 3.61. The van der Waals surface area contributed by atoms with Gasteiger partial charge in [0.2, 0.25) is 0 Å². The Balaban J connectivity index is 1.81. The molecule has 1 unspecified atom stereocenters. The Bertz CT molecular complexity index is 388. The molecular formula is C12H16ClNO2S. The van der Waals surface area contributed by atoms with Gasteiger partial charge in [-0.3, -0.25) is 0 Å². The monoisotopic (exact) mass is 273 g/mol. The lowest BCUT2D eigenvalue weighted by Crippen LogP contribution is -2.29. The first kappa shape index (κ1) is 12.7. The number of rotatable bonds is 3. The second-order valence-corrected chi connectivity index (χ2v) is 6.07. The highest BCUT2D eigenvalue weighted by Crippen LogP contribution is 2.27. The fourth-order valence-corrected chi connectivity index (χ4v) is 3.06. The molecule has 1 amide bonds. The molecule has 1 fully saturated rings. The normalized spacial score (nSPS) is 18.0. The van der Waals surface area contributed by atoms with Crippen molar-refractivity contribution in [1.29, 1.82) is 0 Å². The van der Waals surface area contributed by atoms with E-state index in [0.717, 1.165) is 34.9 Å². The summed E-state index contributed by atoms with van der Waals surface area (Å²) < 4.78 is 6.07. The second kappa shape index (κ2) is 5.74. The fourth-order valence-electron chi connectivity index (χ4n) is 2.00. The topological polar surface area (TPSA) is 38.3 Å². The molecule has 1 heterocycles. The number of carbonyl (C=O) groups excluding carboxylic acids is 1. The van der Waals surface area contributed by atoms with E-state index in [-0.39, 0.29) is 18.2 Å². The van der Waals surface area contributed by atoms with Crippen molar-refractivity contribution in [2.45, 2.75) is 44.8 Å². The zero-order valence-electron chi connectivity index (χ0n) is 9.74. The molecule has 3 nitrogen and oxygen atoms in total. The van der Waals surface area contributed by atoms with Crippen LogP contribution in [0.1, 0.15) is 43.5 Å². The molecule has 1 aliphatic rings. The van der Waals surface area contributed by atoms with Crippen molar-refractivity contribution in [2.24, 2.45) is 0 Å². The molecule has 0 saturated heterocycles. The molecule has 1 N–H and O–H groups in total. The number of alkyl carbamates (subject to hydrolysis) is 1. The number of carbonyl (C=O) groups is 1. The smallest absolute Gasteiger partial charge is 0.407 e. The summed E-state index contributed by atoms with van der Waals surface area (Å²) in [5.41, 5.74) is 0. The predicted molar refractivity (Wildman–Crippen MR) is 69.6 cm³/mol. The number of ether oxygens (including phenoxy) is 1. The minimum atomic E-state index is -0.325. The Morgan fingerprint density at radius 3 is 2.82 bits per heavy atom. The molecule has 0 bridgehead atoms. The lowest BCUT2D eigenvalue weighted by Gasteiger charge is -2.15. The molecule has 5 heteroatoms. The minimum absolute atomic E-state index is 0.0543. The van der Waals surface area contributed by atoms with E-state index in [1.165, 1.54) is 11.3 Å². The van der Waals surface area contributed by atoms with Crippen molar-refractivity contribution in [2.75, 3.05) is 0 Å². The molecule has 1 aromatic rings. The van der Waals surface area contributed by atoms with Crippen LogP contribution in [0.5, 0.6) is 0 Å². The highest BCUT2D eigenvalue weighted by Gasteiger charge is 2.20. The average molecular weight is 274 g/mol. The van der Waals surface area contributed by atoms with E-state index in [0.29, 0.717) is 0 Å². The van der Waals surface area contributed by atoms with Gasteiger partial charge in [-0.1, -0.05) is 11.6 Å². The Morgan fingerprint density at radius 1 is 1.53 bits per heavy atom. The first-order chi connectivity index (χ1) is 8.15. The molecule has 0 radical (unpaired) electrons. The van der Waals surface area contributed by atoms with Gasteiger partial charge in [0, 0.05) is 4.88 Å². The SMILES string of the molecule is CC(NC(=O)OC1CCCC1)c1ccc(Cl)s1. The van der Waals surface area contributed by atoms with Crippen molar-refractivity contribution < 1.29 is 9.53 Å². The maximum atomic E-state index is 11.6. The van der Waals surface area contributed by atoms with Crippen LogP contribution in [0.25, 0.3) is 0 Å². The van der Waals surface area contributed by atoms with E-state index < -0.39 is 0 Å². The predicted octanol–water partition coefficient (Wildman–Crippen LogP) is 4.13. The van der Waals surface area contributed by atoms with Crippen molar-refractivity contribution in [3.63, 3.8) is 0 Å².